The predicted octanol–water partition coefficient (Wildman–Crippen LogP) is 2.42. The van der Waals surface area contributed by atoms with Crippen LogP contribution in [-0.4, -0.2) is 24.2 Å². The van der Waals surface area contributed by atoms with E-state index >= 15 is 0 Å². The van der Waals surface area contributed by atoms with Crippen molar-refractivity contribution in [2.45, 2.75) is 12.5 Å². The Balaban J connectivity index is 2.07. The summed E-state index contributed by atoms with van der Waals surface area (Å²) >= 11 is 0. The Bertz CT molecular complexity index is 480. The molecule has 0 saturated carbocycles. The van der Waals surface area contributed by atoms with Crippen LogP contribution in [0.5, 0.6) is 0 Å². The van der Waals surface area contributed by atoms with E-state index in [4.69, 9.17) is 0 Å². The van der Waals surface area contributed by atoms with Crippen molar-refractivity contribution < 1.29 is 5.11 Å². The predicted molar refractivity (Wildman–Crippen MR) is 73.7 cm³/mol. The summed E-state index contributed by atoms with van der Waals surface area (Å²) in [5, 5.41) is 10.2. The van der Waals surface area contributed by atoms with E-state index in [1.807, 2.05) is 55.4 Å². The highest BCUT2D eigenvalue weighted by Crippen LogP contribution is 2.20. The molecule has 0 aliphatic carbocycles. The van der Waals surface area contributed by atoms with Crippen molar-refractivity contribution in [3.63, 3.8) is 0 Å². The lowest BCUT2D eigenvalue weighted by atomic mass is 10.0. The molecule has 0 unspecified atom stereocenters. The molecule has 2 rings (SSSR count). The molecule has 1 aromatic heterocycles. The summed E-state index contributed by atoms with van der Waals surface area (Å²) in [4.78, 5) is 6.01. The van der Waals surface area contributed by atoms with Gasteiger partial charge >= 0.3 is 0 Å². The molecule has 0 radical (unpaired) electrons. The normalized spacial score (nSPS) is 12.2. The quantitative estimate of drug-likeness (QED) is 0.894. The monoisotopic (exact) mass is 242 g/mol. The molecule has 0 aliphatic heterocycles. The number of aliphatic hydroxyl groups is 1. The van der Waals surface area contributed by atoms with Crippen molar-refractivity contribution in [3.05, 3.63) is 59.9 Å². The number of aliphatic hydroxyl groups excluding tert-OH is 1. The number of hydrogen-bond acceptors (Lipinski definition) is 3. The van der Waals surface area contributed by atoms with Crippen LogP contribution in [0.25, 0.3) is 0 Å². The summed E-state index contributed by atoms with van der Waals surface area (Å²) in [6, 6.07) is 11.8. The minimum atomic E-state index is -0.469. The average Bonchev–Trinajstić information content (AvgIpc) is 2.40. The third-order valence-electron chi connectivity index (χ3n) is 2.97. The van der Waals surface area contributed by atoms with Crippen LogP contribution in [0.15, 0.2) is 48.8 Å². The van der Waals surface area contributed by atoms with Crippen LogP contribution in [0.4, 0.5) is 5.69 Å². The zero-order chi connectivity index (χ0) is 13.0. The SMILES string of the molecule is CN(C)c1ccc([C@H](O)Cc2ccncc2)cc1. The molecule has 18 heavy (non-hydrogen) atoms. The molecule has 3 nitrogen and oxygen atoms in total. The zero-order valence-corrected chi connectivity index (χ0v) is 10.7. The molecule has 1 aromatic carbocycles. The Labute approximate surface area is 108 Å². The minimum Gasteiger partial charge on any atom is -0.388 e. The highest BCUT2D eigenvalue weighted by Gasteiger charge is 2.08. The molecule has 3 heteroatoms. The van der Waals surface area contributed by atoms with Gasteiger partial charge in [0.05, 0.1) is 6.10 Å². The molecule has 0 bridgehead atoms. The van der Waals surface area contributed by atoms with E-state index in [-0.39, 0.29) is 0 Å². The Morgan fingerprint density at radius 3 is 2.22 bits per heavy atom. The van der Waals surface area contributed by atoms with E-state index in [0.717, 1.165) is 16.8 Å². The molecule has 0 fully saturated rings. The number of anilines is 1. The Kier molecular flexibility index (Phi) is 3.95. The van der Waals surface area contributed by atoms with Gasteiger partial charge in [-0.15, -0.1) is 0 Å². The van der Waals surface area contributed by atoms with Crippen LogP contribution < -0.4 is 4.90 Å². The summed E-state index contributed by atoms with van der Waals surface area (Å²) in [6.07, 6.45) is 3.64. The van der Waals surface area contributed by atoms with Crippen LogP contribution in [0.2, 0.25) is 0 Å². The largest absolute Gasteiger partial charge is 0.388 e. The number of nitrogens with zero attached hydrogens (tertiary/aromatic N) is 2. The van der Waals surface area contributed by atoms with Gasteiger partial charge in [0.15, 0.2) is 0 Å². The van der Waals surface area contributed by atoms with Gasteiger partial charge in [0, 0.05) is 38.6 Å². The van der Waals surface area contributed by atoms with Gasteiger partial charge in [0.25, 0.3) is 0 Å². The Morgan fingerprint density at radius 1 is 1.06 bits per heavy atom. The van der Waals surface area contributed by atoms with Crippen molar-refractivity contribution in [2.24, 2.45) is 0 Å². The number of pyridine rings is 1. The van der Waals surface area contributed by atoms with Gasteiger partial charge < -0.3 is 10.0 Å². The van der Waals surface area contributed by atoms with Crippen LogP contribution in [0.3, 0.4) is 0 Å². The lowest BCUT2D eigenvalue weighted by Gasteiger charge is -2.15. The molecular formula is C15H18N2O. The molecule has 1 heterocycles. The maximum absolute atomic E-state index is 10.2. The molecule has 1 atom stereocenters. The third-order valence-corrected chi connectivity index (χ3v) is 2.97. The summed E-state index contributed by atoms with van der Waals surface area (Å²) in [6.45, 7) is 0. The van der Waals surface area contributed by atoms with Crippen LogP contribution >= 0.6 is 0 Å². The smallest absolute Gasteiger partial charge is 0.0830 e. The van der Waals surface area contributed by atoms with Crippen molar-refractivity contribution in [1.82, 2.24) is 4.98 Å². The highest BCUT2D eigenvalue weighted by atomic mass is 16.3. The second kappa shape index (κ2) is 5.65. The molecule has 0 saturated heterocycles. The van der Waals surface area contributed by atoms with Gasteiger partial charge in [-0.3, -0.25) is 4.98 Å². The average molecular weight is 242 g/mol. The molecule has 0 spiro atoms. The van der Waals surface area contributed by atoms with E-state index in [1.54, 1.807) is 12.4 Å². The molecule has 2 aromatic rings. The highest BCUT2D eigenvalue weighted by molar-refractivity contribution is 5.46. The van der Waals surface area contributed by atoms with E-state index < -0.39 is 6.10 Å². The maximum Gasteiger partial charge on any atom is 0.0830 e. The first-order valence-electron chi connectivity index (χ1n) is 6.01. The van der Waals surface area contributed by atoms with Gasteiger partial charge in [-0.2, -0.15) is 0 Å². The first-order chi connectivity index (χ1) is 8.66. The van der Waals surface area contributed by atoms with E-state index in [0.29, 0.717) is 6.42 Å². The van der Waals surface area contributed by atoms with E-state index in [2.05, 4.69) is 4.98 Å². The summed E-state index contributed by atoms with van der Waals surface area (Å²) < 4.78 is 0. The second-order valence-electron chi connectivity index (χ2n) is 4.56. The molecule has 94 valence electrons. The van der Waals surface area contributed by atoms with Gasteiger partial charge in [0.2, 0.25) is 0 Å². The lowest BCUT2D eigenvalue weighted by molar-refractivity contribution is 0.178. The van der Waals surface area contributed by atoms with Crippen LogP contribution in [-0.2, 0) is 6.42 Å². The second-order valence-corrected chi connectivity index (χ2v) is 4.56. The number of benzene rings is 1. The fourth-order valence-corrected chi connectivity index (χ4v) is 1.85. The Hall–Kier alpha value is -1.87. The van der Waals surface area contributed by atoms with E-state index in [1.165, 1.54) is 0 Å². The molecular weight excluding hydrogens is 224 g/mol. The topological polar surface area (TPSA) is 36.4 Å². The third kappa shape index (κ3) is 3.08. The number of rotatable bonds is 4. The lowest BCUT2D eigenvalue weighted by Crippen LogP contribution is -2.09. The fraction of sp³-hybridized carbons (Fsp3) is 0.267. The standard InChI is InChI=1S/C15H18N2O/c1-17(2)14-5-3-13(4-6-14)15(18)11-12-7-9-16-10-8-12/h3-10,15,18H,11H2,1-2H3/t15-/m1/s1. The maximum atomic E-state index is 10.2. The van der Waals surface area contributed by atoms with Crippen molar-refractivity contribution >= 4 is 5.69 Å². The number of hydrogen-bond donors (Lipinski definition) is 1. The van der Waals surface area contributed by atoms with E-state index in [9.17, 15) is 5.11 Å². The minimum absolute atomic E-state index is 0.469. The zero-order valence-electron chi connectivity index (χ0n) is 10.7. The summed E-state index contributed by atoms with van der Waals surface area (Å²) in [7, 11) is 4.00. The van der Waals surface area contributed by atoms with Gasteiger partial charge in [0.1, 0.15) is 0 Å². The van der Waals surface area contributed by atoms with Crippen molar-refractivity contribution in [3.8, 4) is 0 Å². The van der Waals surface area contributed by atoms with Gasteiger partial charge in [-0.1, -0.05) is 12.1 Å². The van der Waals surface area contributed by atoms with Gasteiger partial charge in [-0.05, 0) is 35.4 Å². The first kappa shape index (κ1) is 12.6. The molecule has 0 amide bonds. The Morgan fingerprint density at radius 2 is 1.67 bits per heavy atom. The van der Waals surface area contributed by atoms with Crippen LogP contribution in [0, 0.1) is 0 Å². The fourth-order valence-electron chi connectivity index (χ4n) is 1.85. The van der Waals surface area contributed by atoms with Crippen molar-refractivity contribution in [1.29, 1.82) is 0 Å². The first-order valence-corrected chi connectivity index (χ1v) is 6.01. The van der Waals surface area contributed by atoms with Crippen molar-refractivity contribution in [2.75, 3.05) is 19.0 Å². The number of aromatic nitrogens is 1. The van der Waals surface area contributed by atoms with Gasteiger partial charge in [-0.25, -0.2) is 0 Å². The summed E-state index contributed by atoms with van der Waals surface area (Å²) in [5.41, 5.74) is 3.17. The van der Waals surface area contributed by atoms with Crippen LogP contribution in [0.1, 0.15) is 17.2 Å². The summed E-state index contributed by atoms with van der Waals surface area (Å²) in [5.74, 6) is 0. The molecule has 1 N–H and O–H groups in total. The molecule has 0 aliphatic rings.